The first-order valence-electron chi connectivity index (χ1n) is 3.34. The highest BCUT2D eigenvalue weighted by Gasteiger charge is 2.13. The summed E-state index contributed by atoms with van der Waals surface area (Å²) in [6.45, 7) is 3.31. The van der Waals surface area contributed by atoms with Crippen LogP contribution in [-0.2, 0) is 7.05 Å². The Bertz CT molecular complexity index is 301. The number of rotatable bonds is 1. The summed E-state index contributed by atoms with van der Waals surface area (Å²) in [4.78, 5) is 11.0. The van der Waals surface area contributed by atoms with Crippen LogP contribution < -0.4 is 5.73 Å². The van der Waals surface area contributed by atoms with Gasteiger partial charge in [0, 0.05) is 12.7 Å². The molecule has 0 aliphatic carbocycles. The van der Waals surface area contributed by atoms with Gasteiger partial charge in [-0.05, 0) is 13.8 Å². The SMILES string of the molecule is CC(=O)c1c(N)nn(C)c1C. The first-order chi connectivity index (χ1) is 5.04. The molecule has 4 heteroatoms. The van der Waals surface area contributed by atoms with Gasteiger partial charge in [0.25, 0.3) is 0 Å². The molecule has 1 aromatic heterocycles. The molecule has 1 heterocycles. The van der Waals surface area contributed by atoms with E-state index in [1.807, 2.05) is 6.92 Å². The molecule has 1 rings (SSSR count). The second-order valence-corrected chi connectivity index (χ2v) is 2.53. The molecule has 0 saturated carbocycles. The monoisotopic (exact) mass is 153 g/mol. The van der Waals surface area contributed by atoms with Crippen LogP contribution in [0.25, 0.3) is 0 Å². The van der Waals surface area contributed by atoms with Crippen LogP contribution in [0, 0.1) is 6.92 Å². The van der Waals surface area contributed by atoms with Crippen molar-refractivity contribution in [3.63, 3.8) is 0 Å². The summed E-state index contributed by atoms with van der Waals surface area (Å²) in [5.41, 5.74) is 6.84. The van der Waals surface area contributed by atoms with Crippen LogP contribution in [0.2, 0.25) is 0 Å². The minimum atomic E-state index is -0.0342. The third kappa shape index (κ3) is 1.11. The number of nitrogens with zero attached hydrogens (tertiary/aromatic N) is 2. The third-order valence-electron chi connectivity index (χ3n) is 1.71. The number of ketones is 1. The van der Waals surface area contributed by atoms with Gasteiger partial charge in [-0.3, -0.25) is 9.48 Å². The molecule has 11 heavy (non-hydrogen) atoms. The van der Waals surface area contributed by atoms with Crippen molar-refractivity contribution < 1.29 is 4.79 Å². The Morgan fingerprint density at radius 1 is 1.64 bits per heavy atom. The molecule has 0 unspecified atom stereocenters. The van der Waals surface area contributed by atoms with Gasteiger partial charge in [0.15, 0.2) is 11.6 Å². The number of aryl methyl sites for hydroxylation is 1. The lowest BCUT2D eigenvalue weighted by Crippen LogP contribution is -1.98. The standard InChI is InChI=1S/C7H11N3O/c1-4-6(5(2)11)7(8)9-10(4)3/h1-3H3,(H2,8,9). The second kappa shape index (κ2) is 2.38. The fourth-order valence-electron chi connectivity index (χ4n) is 1.07. The maximum Gasteiger partial charge on any atom is 0.165 e. The van der Waals surface area contributed by atoms with Gasteiger partial charge in [0.2, 0.25) is 0 Å². The van der Waals surface area contributed by atoms with Gasteiger partial charge in [-0.2, -0.15) is 5.10 Å². The maximum absolute atomic E-state index is 11.0. The van der Waals surface area contributed by atoms with Gasteiger partial charge in [-0.25, -0.2) is 0 Å². The zero-order valence-corrected chi connectivity index (χ0v) is 6.88. The van der Waals surface area contributed by atoms with Crippen molar-refractivity contribution in [1.82, 2.24) is 9.78 Å². The molecule has 0 spiro atoms. The highest BCUT2D eigenvalue weighted by molar-refractivity contribution is 5.99. The predicted octanol–water partition coefficient (Wildman–Crippen LogP) is 0.513. The molecular weight excluding hydrogens is 142 g/mol. The van der Waals surface area contributed by atoms with Crippen LogP contribution in [0.15, 0.2) is 0 Å². The Morgan fingerprint density at radius 2 is 2.18 bits per heavy atom. The lowest BCUT2D eigenvalue weighted by Gasteiger charge is -1.93. The molecule has 0 amide bonds. The van der Waals surface area contributed by atoms with E-state index >= 15 is 0 Å². The number of carbonyl (C=O) groups is 1. The smallest absolute Gasteiger partial charge is 0.165 e. The Morgan fingerprint density at radius 3 is 2.36 bits per heavy atom. The normalized spacial score (nSPS) is 10.1. The molecule has 0 aromatic carbocycles. The van der Waals surface area contributed by atoms with E-state index in [4.69, 9.17) is 5.73 Å². The van der Waals surface area contributed by atoms with Crippen LogP contribution in [0.3, 0.4) is 0 Å². The Hall–Kier alpha value is -1.32. The minimum absolute atomic E-state index is 0.0342. The fraction of sp³-hybridized carbons (Fsp3) is 0.429. The van der Waals surface area contributed by atoms with Crippen molar-refractivity contribution >= 4 is 11.6 Å². The molecule has 1 aromatic rings. The first-order valence-corrected chi connectivity index (χ1v) is 3.34. The van der Waals surface area contributed by atoms with Gasteiger partial charge < -0.3 is 5.73 Å². The molecule has 0 saturated heterocycles. The summed E-state index contributed by atoms with van der Waals surface area (Å²) in [7, 11) is 1.76. The minimum Gasteiger partial charge on any atom is -0.382 e. The van der Waals surface area contributed by atoms with E-state index in [1.165, 1.54) is 6.92 Å². The molecule has 0 radical (unpaired) electrons. The molecule has 2 N–H and O–H groups in total. The fourth-order valence-corrected chi connectivity index (χ4v) is 1.07. The van der Waals surface area contributed by atoms with Crippen molar-refractivity contribution in [2.75, 3.05) is 5.73 Å². The number of Topliss-reactive ketones (excluding diaryl/α,β-unsaturated/α-hetero) is 1. The highest BCUT2D eigenvalue weighted by atomic mass is 16.1. The number of aromatic nitrogens is 2. The zero-order chi connectivity index (χ0) is 8.59. The number of anilines is 1. The highest BCUT2D eigenvalue weighted by Crippen LogP contribution is 2.14. The van der Waals surface area contributed by atoms with E-state index in [0.29, 0.717) is 11.4 Å². The maximum atomic E-state index is 11.0. The summed E-state index contributed by atoms with van der Waals surface area (Å²) >= 11 is 0. The zero-order valence-electron chi connectivity index (χ0n) is 6.88. The van der Waals surface area contributed by atoms with E-state index in [9.17, 15) is 4.79 Å². The van der Waals surface area contributed by atoms with E-state index in [-0.39, 0.29) is 5.78 Å². The van der Waals surface area contributed by atoms with Gasteiger partial charge >= 0.3 is 0 Å². The van der Waals surface area contributed by atoms with Crippen LogP contribution in [0.4, 0.5) is 5.82 Å². The lowest BCUT2D eigenvalue weighted by atomic mass is 10.2. The summed E-state index contributed by atoms with van der Waals surface area (Å²) in [6.07, 6.45) is 0. The van der Waals surface area contributed by atoms with Crippen molar-refractivity contribution in [2.24, 2.45) is 7.05 Å². The number of hydrogen-bond acceptors (Lipinski definition) is 3. The van der Waals surface area contributed by atoms with E-state index in [2.05, 4.69) is 5.10 Å². The summed E-state index contributed by atoms with van der Waals surface area (Å²) < 4.78 is 1.60. The number of hydrogen-bond donors (Lipinski definition) is 1. The molecule has 60 valence electrons. The van der Waals surface area contributed by atoms with E-state index < -0.39 is 0 Å². The van der Waals surface area contributed by atoms with Crippen LogP contribution in [0.5, 0.6) is 0 Å². The molecule has 0 fully saturated rings. The number of nitrogen functional groups attached to an aromatic ring is 1. The topological polar surface area (TPSA) is 60.9 Å². The van der Waals surface area contributed by atoms with Crippen LogP contribution >= 0.6 is 0 Å². The molecule has 4 nitrogen and oxygen atoms in total. The van der Waals surface area contributed by atoms with Gasteiger partial charge in [-0.1, -0.05) is 0 Å². The second-order valence-electron chi connectivity index (χ2n) is 2.53. The van der Waals surface area contributed by atoms with Crippen molar-refractivity contribution in [1.29, 1.82) is 0 Å². The average molecular weight is 153 g/mol. The molecule has 0 bridgehead atoms. The molecule has 0 atom stereocenters. The third-order valence-corrected chi connectivity index (χ3v) is 1.71. The van der Waals surface area contributed by atoms with Crippen LogP contribution in [0.1, 0.15) is 23.0 Å². The predicted molar refractivity (Wildman–Crippen MR) is 42.4 cm³/mol. The summed E-state index contributed by atoms with van der Waals surface area (Å²) in [5.74, 6) is 0.283. The Labute approximate surface area is 65.0 Å². The number of nitrogens with two attached hydrogens (primary N) is 1. The average Bonchev–Trinajstić information content (AvgIpc) is 2.07. The lowest BCUT2D eigenvalue weighted by molar-refractivity contribution is 0.101. The summed E-state index contributed by atoms with van der Waals surface area (Å²) in [5, 5.41) is 3.91. The van der Waals surface area contributed by atoms with E-state index in [1.54, 1.807) is 11.7 Å². The van der Waals surface area contributed by atoms with Crippen molar-refractivity contribution in [3.05, 3.63) is 11.3 Å². The van der Waals surface area contributed by atoms with Gasteiger partial charge in [0.05, 0.1) is 5.56 Å². The van der Waals surface area contributed by atoms with Gasteiger partial charge in [-0.15, -0.1) is 0 Å². The summed E-state index contributed by atoms with van der Waals surface area (Å²) in [6, 6.07) is 0. The number of carbonyl (C=O) groups excluding carboxylic acids is 1. The Balaban J connectivity index is 3.34. The first kappa shape index (κ1) is 7.78. The molecule has 0 aliphatic rings. The molecular formula is C7H11N3O. The van der Waals surface area contributed by atoms with Crippen LogP contribution in [-0.4, -0.2) is 15.6 Å². The molecule has 0 aliphatic heterocycles. The van der Waals surface area contributed by atoms with Gasteiger partial charge in [0.1, 0.15) is 0 Å². The quantitative estimate of drug-likeness (QED) is 0.598. The van der Waals surface area contributed by atoms with E-state index in [0.717, 1.165) is 5.69 Å². The van der Waals surface area contributed by atoms with Crippen molar-refractivity contribution in [3.8, 4) is 0 Å². The van der Waals surface area contributed by atoms with Crippen molar-refractivity contribution in [2.45, 2.75) is 13.8 Å². The largest absolute Gasteiger partial charge is 0.382 e. The Kier molecular flexibility index (Phi) is 1.68.